The van der Waals surface area contributed by atoms with E-state index < -0.39 is 0 Å². The van der Waals surface area contributed by atoms with Gasteiger partial charge in [0, 0.05) is 43.3 Å². The van der Waals surface area contributed by atoms with Gasteiger partial charge in [0.2, 0.25) is 0 Å². The van der Waals surface area contributed by atoms with Crippen LogP contribution in [0.15, 0.2) is 18.3 Å². The molecule has 2 fully saturated rings. The summed E-state index contributed by atoms with van der Waals surface area (Å²) in [4.78, 5) is 12.8. The Morgan fingerprint density at radius 3 is 2.89 bits per heavy atom. The van der Waals surface area contributed by atoms with Gasteiger partial charge in [-0.3, -0.25) is 4.90 Å². The van der Waals surface area contributed by atoms with Crippen LogP contribution >= 0.6 is 11.3 Å². The molecular weight excluding hydrogens is 360 g/mol. The van der Waals surface area contributed by atoms with Gasteiger partial charge in [0.25, 0.3) is 0 Å². The molecule has 1 atom stereocenters. The minimum Gasteiger partial charge on any atom is -0.379 e. The molecule has 8 heteroatoms. The van der Waals surface area contributed by atoms with Gasteiger partial charge in [-0.2, -0.15) is 0 Å². The molecule has 4 heterocycles. The standard InChI is InChI=1S/C19H28N6OS/c1-14-11-21-19(27-14)24-18-10-15(13-25-5-7-26-8-6-25)9-17(23-18)22-16-3-2-4-20-12-16/h9-11,16,20H,2-8,12-13H2,1H3,(H2,21,22,23,24)/t16-/m1/s1. The van der Waals surface area contributed by atoms with Crippen LogP contribution in [0, 0.1) is 6.92 Å². The lowest BCUT2D eigenvalue weighted by Gasteiger charge is -2.27. The molecule has 146 valence electrons. The molecule has 0 saturated carbocycles. The number of thiazole rings is 1. The fraction of sp³-hybridized carbons (Fsp3) is 0.579. The Morgan fingerprint density at radius 1 is 1.30 bits per heavy atom. The average molecular weight is 389 g/mol. The summed E-state index contributed by atoms with van der Waals surface area (Å²) >= 11 is 1.65. The van der Waals surface area contributed by atoms with Gasteiger partial charge in [0.15, 0.2) is 5.13 Å². The average Bonchev–Trinajstić information content (AvgIpc) is 3.08. The van der Waals surface area contributed by atoms with Crippen LogP contribution in [0.4, 0.5) is 16.8 Å². The predicted octanol–water partition coefficient (Wildman–Crippen LogP) is 2.59. The number of hydrogen-bond acceptors (Lipinski definition) is 8. The highest BCUT2D eigenvalue weighted by molar-refractivity contribution is 7.15. The summed E-state index contributed by atoms with van der Waals surface area (Å²) in [7, 11) is 0. The number of morpholine rings is 1. The highest BCUT2D eigenvalue weighted by Crippen LogP contribution is 2.24. The number of ether oxygens (including phenoxy) is 1. The highest BCUT2D eigenvalue weighted by Gasteiger charge is 2.16. The van der Waals surface area contributed by atoms with Gasteiger partial charge in [-0.1, -0.05) is 0 Å². The molecule has 0 radical (unpaired) electrons. The van der Waals surface area contributed by atoms with E-state index >= 15 is 0 Å². The molecule has 0 amide bonds. The molecule has 3 N–H and O–H groups in total. The van der Waals surface area contributed by atoms with Crippen molar-refractivity contribution in [2.75, 3.05) is 50.0 Å². The Kier molecular flexibility index (Phi) is 6.18. The molecule has 4 rings (SSSR count). The zero-order chi connectivity index (χ0) is 18.5. The Bertz CT molecular complexity index is 701. The van der Waals surface area contributed by atoms with Crippen molar-refractivity contribution in [3.8, 4) is 0 Å². The van der Waals surface area contributed by atoms with Crippen molar-refractivity contribution in [2.45, 2.75) is 32.4 Å². The van der Waals surface area contributed by atoms with E-state index in [9.17, 15) is 0 Å². The minimum absolute atomic E-state index is 0.430. The van der Waals surface area contributed by atoms with E-state index in [2.05, 4.69) is 44.9 Å². The van der Waals surface area contributed by atoms with Crippen LogP contribution in [0.1, 0.15) is 23.3 Å². The molecule has 0 aromatic carbocycles. The SMILES string of the molecule is Cc1cnc(Nc2cc(CN3CCOCC3)cc(N[C@@H]3CCCNC3)n2)s1. The topological polar surface area (TPSA) is 74.3 Å². The van der Waals surface area contributed by atoms with Crippen molar-refractivity contribution in [1.29, 1.82) is 0 Å². The van der Waals surface area contributed by atoms with Gasteiger partial charge in [-0.05, 0) is 44.0 Å². The highest BCUT2D eigenvalue weighted by atomic mass is 32.1. The molecule has 0 unspecified atom stereocenters. The third-order valence-corrected chi connectivity index (χ3v) is 5.73. The molecule has 0 spiro atoms. The number of aryl methyl sites for hydroxylation is 1. The van der Waals surface area contributed by atoms with Gasteiger partial charge in [0.1, 0.15) is 11.6 Å². The van der Waals surface area contributed by atoms with Crippen molar-refractivity contribution in [1.82, 2.24) is 20.2 Å². The van der Waals surface area contributed by atoms with Gasteiger partial charge in [-0.15, -0.1) is 11.3 Å². The first kappa shape index (κ1) is 18.6. The van der Waals surface area contributed by atoms with Crippen LogP contribution in [-0.2, 0) is 11.3 Å². The lowest BCUT2D eigenvalue weighted by molar-refractivity contribution is 0.0342. The van der Waals surface area contributed by atoms with E-state index in [4.69, 9.17) is 9.72 Å². The number of pyridine rings is 1. The lowest BCUT2D eigenvalue weighted by atomic mass is 10.1. The van der Waals surface area contributed by atoms with Crippen molar-refractivity contribution >= 4 is 28.1 Å². The van der Waals surface area contributed by atoms with E-state index in [1.165, 1.54) is 23.3 Å². The monoisotopic (exact) mass is 388 g/mol. The van der Waals surface area contributed by atoms with Crippen LogP contribution < -0.4 is 16.0 Å². The Balaban J connectivity index is 1.52. The number of nitrogens with zero attached hydrogens (tertiary/aromatic N) is 3. The first-order chi connectivity index (χ1) is 13.2. The Labute approximate surface area is 164 Å². The second-order valence-corrected chi connectivity index (χ2v) is 8.46. The van der Waals surface area contributed by atoms with Crippen LogP contribution in [0.5, 0.6) is 0 Å². The van der Waals surface area contributed by atoms with Crippen LogP contribution in [0.2, 0.25) is 0 Å². The van der Waals surface area contributed by atoms with Crippen molar-refractivity contribution in [3.63, 3.8) is 0 Å². The second-order valence-electron chi connectivity index (χ2n) is 7.22. The maximum Gasteiger partial charge on any atom is 0.188 e. The number of nitrogens with one attached hydrogen (secondary N) is 3. The van der Waals surface area contributed by atoms with E-state index in [0.717, 1.165) is 62.7 Å². The molecule has 2 aliphatic rings. The summed E-state index contributed by atoms with van der Waals surface area (Å²) in [5.74, 6) is 1.78. The summed E-state index contributed by atoms with van der Waals surface area (Å²) < 4.78 is 5.47. The number of aromatic nitrogens is 2. The molecule has 2 aliphatic heterocycles. The second kappa shape index (κ2) is 8.97. The Hall–Kier alpha value is -1.74. The van der Waals surface area contributed by atoms with Crippen molar-refractivity contribution in [3.05, 3.63) is 28.8 Å². The zero-order valence-electron chi connectivity index (χ0n) is 15.8. The van der Waals surface area contributed by atoms with Crippen LogP contribution in [0.25, 0.3) is 0 Å². The molecule has 0 bridgehead atoms. The van der Waals surface area contributed by atoms with Gasteiger partial charge in [0.05, 0.1) is 13.2 Å². The molecular formula is C19H28N6OS. The van der Waals surface area contributed by atoms with Crippen LogP contribution in [0.3, 0.4) is 0 Å². The molecule has 2 aromatic heterocycles. The quantitative estimate of drug-likeness (QED) is 0.702. The lowest BCUT2D eigenvalue weighted by Crippen LogP contribution is -2.38. The van der Waals surface area contributed by atoms with Gasteiger partial charge in [-0.25, -0.2) is 9.97 Å². The third kappa shape index (κ3) is 5.38. The molecule has 27 heavy (non-hydrogen) atoms. The van der Waals surface area contributed by atoms with E-state index in [1.807, 2.05) is 6.20 Å². The summed E-state index contributed by atoms with van der Waals surface area (Å²) in [6.45, 7) is 8.66. The number of hydrogen-bond donors (Lipinski definition) is 3. The maximum atomic E-state index is 5.47. The van der Waals surface area contributed by atoms with Gasteiger partial charge < -0.3 is 20.7 Å². The first-order valence-corrected chi connectivity index (χ1v) is 10.5. The normalized spacial score (nSPS) is 21.1. The summed E-state index contributed by atoms with van der Waals surface area (Å²) in [5.41, 5.74) is 1.26. The predicted molar refractivity (Wildman–Crippen MR) is 110 cm³/mol. The zero-order valence-corrected chi connectivity index (χ0v) is 16.6. The third-order valence-electron chi connectivity index (χ3n) is 4.90. The summed E-state index contributed by atoms with van der Waals surface area (Å²) in [5, 5.41) is 11.3. The van der Waals surface area contributed by atoms with E-state index in [0.29, 0.717) is 6.04 Å². The van der Waals surface area contributed by atoms with Crippen LogP contribution in [-0.4, -0.2) is 60.3 Å². The van der Waals surface area contributed by atoms with Crippen molar-refractivity contribution < 1.29 is 4.74 Å². The largest absolute Gasteiger partial charge is 0.379 e. The first-order valence-electron chi connectivity index (χ1n) is 9.72. The Morgan fingerprint density at radius 2 is 2.15 bits per heavy atom. The molecule has 7 nitrogen and oxygen atoms in total. The minimum atomic E-state index is 0.430. The molecule has 2 aromatic rings. The summed E-state index contributed by atoms with van der Waals surface area (Å²) in [6.07, 6.45) is 4.27. The number of piperidine rings is 1. The number of rotatable bonds is 6. The molecule has 0 aliphatic carbocycles. The fourth-order valence-electron chi connectivity index (χ4n) is 3.54. The summed E-state index contributed by atoms with van der Waals surface area (Å²) in [6, 6.07) is 4.75. The fourth-order valence-corrected chi connectivity index (χ4v) is 4.21. The van der Waals surface area contributed by atoms with E-state index in [1.54, 1.807) is 11.3 Å². The number of anilines is 3. The van der Waals surface area contributed by atoms with Crippen molar-refractivity contribution in [2.24, 2.45) is 0 Å². The van der Waals surface area contributed by atoms with E-state index in [-0.39, 0.29) is 0 Å². The maximum absolute atomic E-state index is 5.47. The molecule has 2 saturated heterocycles. The smallest absolute Gasteiger partial charge is 0.188 e. The van der Waals surface area contributed by atoms with Gasteiger partial charge >= 0.3 is 0 Å².